The highest BCUT2D eigenvalue weighted by Gasteiger charge is 2.09. The first-order valence-corrected chi connectivity index (χ1v) is 12.1. The van der Waals surface area contributed by atoms with Gasteiger partial charge in [-0.15, -0.1) is 0 Å². The number of allylic oxidation sites excluding steroid dienone is 1. The summed E-state index contributed by atoms with van der Waals surface area (Å²) in [6.45, 7) is 4.45. The van der Waals surface area contributed by atoms with Gasteiger partial charge in [0.2, 0.25) is 5.88 Å². The van der Waals surface area contributed by atoms with Gasteiger partial charge in [-0.3, -0.25) is 0 Å². The summed E-state index contributed by atoms with van der Waals surface area (Å²) in [7, 11) is 0. The monoisotopic (exact) mass is 421 g/mol. The van der Waals surface area contributed by atoms with E-state index < -0.39 is 0 Å². The van der Waals surface area contributed by atoms with Crippen molar-refractivity contribution in [3.05, 3.63) is 71.9 Å². The molecule has 0 aliphatic rings. The van der Waals surface area contributed by atoms with Crippen molar-refractivity contribution >= 4 is 5.97 Å². The van der Waals surface area contributed by atoms with E-state index in [1.54, 1.807) is 12.1 Å². The normalized spacial score (nSPS) is 12.2. The van der Waals surface area contributed by atoms with Crippen molar-refractivity contribution in [2.24, 2.45) is 0 Å². The van der Waals surface area contributed by atoms with E-state index in [-0.39, 0.29) is 11.9 Å². The predicted molar refractivity (Wildman–Crippen MR) is 129 cm³/mol. The van der Waals surface area contributed by atoms with Crippen LogP contribution in [-0.2, 0) is 11.2 Å². The summed E-state index contributed by atoms with van der Waals surface area (Å²) in [6, 6.07) is 14.2. The van der Waals surface area contributed by atoms with Gasteiger partial charge in [0.05, 0.1) is 0 Å². The Morgan fingerprint density at radius 1 is 0.903 bits per heavy atom. The fourth-order valence-electron chi connectivity index (χ4n) is 3.75. The number of pyridine rings is 1. The average molecular weight is 422 g/mol. The Hall–Kier alpha value is -2.42. The lowest BCUT2D eigenvalue weighted by Crippen LogP contribution is -2.06. The van der Waals surface area contributed by atoms with Crippen molar-refractivity contribution in [2.75, 3.05) is 0 Å². The SMILES string of the molecule is CCCCCCCCc1ccc(OC(=O)C=CC(CCCCC)c2ccccc2)nc1. The number of nitrogens with zero attached hydrogens (tertiary/aromatic N) is 1. The molecule has 0 fully saturated rings. The first kappa shape index (κ1) is 24.8. The molecule has 168 valence electrons. The minimum Gasteiger partial charge on any atom is -0.404 e. The van der Waals surface area contributed by atoms with Crippen molar-refractivity contribution in [1.29, 1.82) is 0 Å². The topological polar surface area (TPSA) is 39.2 Å². The number of aromatic nitrogens is 1. The van der Waals surface area contributed by atoms with E-state index in [2.05, 4.69) is 31.0 Å². The zero-order valence-electron chi connectivity index (χ0n) is 19.4. The lowest BCUT2D eigenvalue weighted by molar-refractivity contribution is -0.129. The molecule has 0 saturated carbocycles. The van der Waals surface area contributed by atoms with Gasteiger partial charge in [0.25, 0.3) is 0 Å². The minimum atomic E-state index is -0.368. The van der Waals surface area contributed by atoms with Gasteiger partial charge in [0.1, 0.15) is 0 Å². The van der Waals surface area contributed by atoms with Crippen molar-refractivity contribution in [3.63, 3.8) is 0 Å². The number of ether oxygens (including phenoxy) is 1. The van der Waals surface area contributed by atoms with Crippen LogP contribution in [0.2, 0.25) is 0 Å². The van der Waals surface area contributed by atoms with Crippen molar-refractivity contribution in [2.45, 2.75) is 90.4 Å². The lowest BCUT2D eigenvalue weighted by atomic mass is 9.93. The smallest absolute Gasteiger partial charge is 0.337 e. The van der Waals surface area contributed by atoms with Crippen LogP contribution >= 0.6 is 0 Å². The van der Waals surface area contributed by atoms with Gasteiger partial charge in [-0.1, -0.05) is 108 Å². The second-order valence-corrected chi connectivity index (χ2v) is 8.32. The number of rotatable bonds is 15. The predicted octanol–water partition coefficient (Wildman–Crippen LogP) is 7.81. The van der Waals surface area contributed by atoms with E-state index in [0.717, 1.165) is 19.3 Å². The molecule has 0 aliphatic heterocycles. The molecule has 1 unspecified atom stereocenters. The molecule has 0 bridgehead atoms. The summed E-state index contributed by atoms with van der Waals surface area (Å²) in [4.78, 5) is 16.6. The Morgan fingerprint density at radius 2 is 1.61 bits per heavy atom. The molecule has 1 atom stereocenters. The quantitative estimate of drug-likeness (QED) is 0.167. The molecule has 31 heavy (non-hydrogen) atoms. The number of aryl methyl sites for hydroxylation is 1. The molecule has 0 radical (unpaired) electrons. The number of esters is 1. The van der Waals surface area contributed by atoms with Crippen LogP contribution in [0.5, 0.6) is 5.88 Å². The lowest BCUT2D eigenvalue weighted by Gasteiger charge is -2.13. The van der Waals surface area contributed by atoms with Gasteiger partial charge in [-0.2, -0.15) is 0 Å². The van der Waals surface area contributed by atoms with Crippen LogP contribution < -0.4 is 4.74 Å². The number of hydrogen-bond donors (Lipinski definition) is 0. The highest BCUT2D eigenvalue weighted by atomic mass is 16.5. The van der Waals surface area contributed by atoms with Gasteiger partial charge < -0.3 is 4.74 Å². The summed E-state index contributed by atoms with van der Waals surface area (Å²) in [5.41, 5.74) is 2.44. The third-order valence-corrected chi connectivity index (χ3v) is 5.63. The van der Waals surface area contributed by atoms with E-state index >= 15 is 0 Å². The molecule has 0 saturated heterocycles. The van der Waals surface area contributed by atoms with Crippen LogP contribution in [0, 0.1) is 0 Å². The molecule has 2 rings (SSSR count). The zero-order chi connectivity index (χ0) is 22.2. The highest BCUT2D eigenvalue weighted by molar-refractivity contribution is 5.83. The van der Waals surface area contributed by atoms with Crippen LogP contribution in [-0.4, -0.2) is 11.0 Å². The van der Waals surface area contributed by atoms with Crippen molar-refractivity contribution in [3.8, 4) is 5.88 Å². The number of carbonyl (C=O) groups excluding carboxylic acids is 1. The molecule has 0 amide bonds. The Balaban J connectivity index is 1.82. The van der Waals surface area contributed by atoms with Crippen LogP contribution in [0.4, 0.5) is 0 Å². The Kier molecular flexibility index (Phi) is 12.3. The first-order chi connectivity index (χ1) is 15.2. The van der Waals surface area contributed by atoms with Crippen LogP contribution in [0.1, 0.15) is 95.1 Å². The molecule has 0 aliphatic carbocycles. The van der Waals surface area contributed by atoms with Gasteiger partial charge in [-0.05, 0) is 30.4 Å². The first-order valence-electron chi connectivity index (χ1n) is 12.1. The van der Waals surface area contributed by atoms with E-state index in [4.69, 9.17) is 4.74 Å². The van der Waals surface area contributed by atoms with Crippen LogP contribution in [0.3, 0.4) is 0 Å². The molecule has 1 aromatic heterocycles. The molecule has 0 spiro atoms. The number of unbranched alkanes of at least 4 members (excludes halogenated alkanes) is 7. The molecule has 3 heteroatoms. The van der Waals surface area contributed by atoms with Gasteiger partial charge in [-0.25, -0.2) is 9.78 Å². The van der Waals surface area contributed by atoms with Crippen molar-refractivity contribution in [1.82, 2.24) is 4.98 Å². The Bertz CT molecular complexity index is 752. The Morgan fingerprint density at radius 3 is 2.32 bits per heavy atom. The Labute approximate surface area is 188 Å². The summed E-state index contributed by atoms with van der Waals surface area (Å²) >= 11 is 0. The van der Waals surface area contributed by atoms with E-state index in [9.17, 15) is 4.79 Å². The maximum Gasteiger partial charge on any atom is 0.337 e. The molecule has 1 aromatic carbocycles. The van der Waals surface area contributed by atoms with Crippen LogP contribution in [0.25, 0.3) is 0 Å². The maximum atomic E-state index is 12.3. The third-order valence-electron chi connectivity index (χ3n) is 5.63. The largest absolute Gasteiger partial charge is 0.404 e. The second-order valence-electron chi connectivity index (χ2n) is 8.32. The maximum absolute atomic E-state index is 12.3. The molecule has 0 N–H and O–H groups in total. The summed E-state index contributed by atoms with van der Waals surface area (Å²) < 4.78 is 5.41. The fourth-order valence-corrected chi connectivity index (χ4v) is 3.75. The zero-order valence-corrected chi connectivity index (χ0v) is 19.4. The molecule has 3 nitrogen and oxygen atoms in total. The minimum absolute atomic E-state index is 0.230. The van der Waals surface area contributed by atoms with E-state index in [1.807, 2.05) is 36.5 Å². The fraction of sp³-hybridized carbons (Fsp3) is 0.500. The molecular weight excluding hydrogens is 382 g/mol. The van der Waals surface area contributed by atoms with Crippen molar-refractivity contribution < 1.29 is 9.53 Å². The number of carbonyl (C=O) groups is 1. The average Bonchev–Trinajstić information content (AvgIpc) is 2.80. The highest BCUT2D eigenvalue weighted by Crippen LogP contribution is 2.24. The summed E-state index contributed by atoms with van der Waals surface area (Å²) in [5.74, 6) is 0.226. The molecular formula is C28H39NO2. The van der Waals surface area contributed by atoms with Crippen LogP contribution in [0.15, 0.2) is 60.8 Å². The van der Waals surface area contributed by atoms with Gasteiger partial charge in [0.15, 0.2) is 0 Å². The standard InChI is InChI=1S/C28H39NO2/c1-3-5-7-8-9-12-15-24-19-21-27(29-23-24)31-28(30)22-20-26(16-11-6-4-2)25-17-13-10-14-18-25/h10,13-14,17-23,26H,3-9,11-12,15-16H2,1-2H3. The van der Waals surface area contributed by atoms with E-state index in [0.29, 0.717) is 5.88 Å². The van der Waals surface area contributed by atoms with Gasteiger partial charge >= 0.3 is 5.97 Å². The van der Waals surface area contributed by atoms with E-state index in [1.165, 1.54) is 62.5 Å². The summed E-state index contributed by atoms with van der Waals surface area (Å²) in [6.07, 6.45) is 18.7. The summed E-state index contributed by atoms with van der Waals surface area (Å²) in [5, 5.41) is 0. The second kappa shape index (κ2) is 15.4. The number of hydrogen-bond acceptors (Lipinski definition) is 3. The number of benzene rings is 1. The molecule has 2 aromatic rings. The van der Waals surface area contributed by atoms with Gasteiger partial charge in [0, 0.05) is 24.3 Å². The molecule has 1 heterocycles. The third kappa shape index (κ3) is 10.4.